The van der Waals surface area contributed by atoms with Gasteiger partial charge >= 0.3 is 0 Å². The van der Waals surface area contributed by atoms with Crippen LogP contribution in [-0.2, 0) is 23.3 Å². The SMILES string of the molecule is C=C(C)[C@H]1C=CC(C)(OC)CC1.C=Cc1cc(O)c2c(c1)OC(=C)[C@@H]1CCC(C)=C[C@@H]21.C=Cc1cc(O)cc(O)c1.IC(I)I.[V]. The van der Waals surface area contributed by atoms with Gasteiger partial charge in [0.15, 0.2) is 0 Å². The maximum absolute atomic E-state index is 10.3. The molecule has 46 heavy (non-hydrogen) atoms. The van der Waals surface area contributed by atoms with Gasteiger partial charge in [-0.25, -0.2) is 0 Å². The molecule has 1 radical (unpaired) electrons. The van der Waals surface area contributed by atoms with Crippen molar-refractivity contribution in [3.8, 4) is 23.0 Å². The average molecular weight is 1000 g/mol. The van der Waals surface area contributed by atoms with E-state index in [4.69, 9.17) is 19.7 Å². The van der Waals surface area contributed by atoms with Gasteiger partial charge in [0.1, 0.15) is 28.7 Å². The molecule has 5 nitrogen and oxygen atoms in total. The number of halogens is 3. The summed E-state index contributed by atoms with van der Waals surface area (Å²) in [4.78, 5) is 0. The van der Waals surface area contributed by atoms with Crippen molar-refractivity contribution in [1.82, 2.24) is 0 Å². The first kappa shape index (κ1) is 42.8. The molecule has 2 aliphatic carbocycles. The average Bonchev–Trinajstić information content (AvgIpc) is 2.96. The number of aromatic hydroxyl groups is 3. The van der Waals surface area contributed by atoms with Crippen LogP contribution >= 0.6 is 67.8 Å². The van der Waals surface area contributed by atoms with Crippen LogP contribution in [0.1, 0.15) is 69.1 Å². The molecule has 5 rings (SSSR count). The molecule has 0 saturated carbocycles. The van der Waals surface area contributed by atoms with Crippen molar-refractivity contribution >= 4 is 79.9 Å². The second-order valence-corrected chi connectivity index (χ2v) is 22.4. The van der Waals surface area contributed by atoms with Gasteiger partial charge in [0.2, 0.25) is 0 Å². The van der Waals surface area contributed by atoms with Crippen LogP contribution < -0.4 is 4.74 Å². The summed E-state index contributed by atoms with van der Waals surface area (Å²) in [6, 6.07) is 7.98. The predicted molar refractivity (Wildman–Crippen MR) is 215 cm³/mol. The van der Waals surface area contributed by atoms with E-state index >= 15 is 0 Å². The van der Waals surface area contributed by atoms with E-state index in [0.29, 0.717) is 23.0 Å². The van der Waals surface area contributed by atoms with E-state index in [0.717, 1.165) is 42.5 Å². The molecule has 0 amide bonds. The molecule has 2 aromatic carbocycles. The molecule has 0 aromatic heterocycles. The van der Waals surface area contributed by atoms with Crippen molar-refractivity contribution in [3.05, 3.63) is 108 Å². The van der Waals surface area contributed by atoms with Crippen LogP contribution in [0, 0.1) is 11.8 Å². The van der Waals surface area contributed by atoms with Crippen molar-refractivity contribution in [2.24, 2.45) is 11.8 Å². The molecule has 0 bridgehead atoms. The molecule has 1 heterocycles. The number of phenolic OH excluding ortho intramolecular Hbond substituents is 3. The van der Waals surface area contributed by atoms with Crippen LogP contribution in [0.25, 0.3) is 12.2 Å². The monoisotopic (exact) mass is 1000 g/mol. The van der Waals surface area contributed by atoms with Crippen molar-refractivity contribution in [3.63, 3.8) is 0 Å². The predicted octanol–water partition coefficient (Wildman–Crippen LogP) is 11.6. The molecule has 2 aromatic rings. The van der Waals surface area contributed by atoms with E-state index < -0.39 is 0 Å². The minimum Gasteiger partial charge on any atom is -0.508 e. The molecule has 1 aliphatic heterocycles. The van der Waals surface area contributed by atoms with Crippen molar-refractivity contribution < 1.29 is 43.3 Å². The molecule has 9 heteroatoms. The maximum atomic E-state index is 10.3. The molecule has 0 fully saturated rings. The number of allylic oxidation sites excluding steroid dienone is 5. The zero-order valence-corrected chi connectivity index (χ0v) is 34.8. The van der Waals surface area contributed by atoms with Gasteiger partial charge in [0.25, 0.3) is 0 Å². The smallest absolute Gasteiger partial charge is 0.135 e. The van der Waals surface area contributed by atoms with E-state index in [9.17, 15) is 5.11 Å². The summed E-state index contributed by atoms with van der Waals surface area (Å²) < 4.78 is 12.0. The Balaban J connectivity index is 0.000000340. The van der Waals surface area contributed by atoms with Gasteiger partial charge in [0.05, 0.1) is 5.60 Å². The van der Waals surface area contributed by atoms with Gasteiger partial charge in [0, 0.05) is 49.1 Å². The number of hydrogen-bond acceptors (Lipinski definition) is 5. The Labute approximate surface area is 328 Å². The van der Waals surface area contributed by atoms with Gasteiger partial charge in [-0.2, -0.15) is 0 Å². The third-order valence-corrected chi connectivity index (χ3v) is 8.01. The zero-order valence-electron chi connectivity index (χ0n) is 27.0. The van der Waals surface area contributed by atoms with E-state index in [1.807, 2.05) is 6.07 Å². The summed E-state index contributed by atoms with van der Waals surface area (Å²) in [5, 5.41) is 28.1. The Kier molecular flexibility index (Phi) is 19.0. The number of hydrogen-bond donors (Lipinski definition) is 3. The summed E-state index contributed by atoms with van der Waals surface area (Å²) in [7, 11) is 1.77. The van der Waals surface area contributed by atoms with Gasteiger partial charge in [-0.3, -0.25) is 0 Å². The summed E-state index contributed by atoms with van der Waals surface area (Å²) in [6.07, 6.45) is 14.3. The largest absolute Gasteiger partial charge is 0.508 e. The van der Waals surface area contributed by atoms with Gasteiger partial charge < -0.3 is 24.8 Å². The van der Waals surface area contributed by atoms with E-state index in [2.05, 4.69) is 133 Å². The third-order valence-electron chi connectivity index (χ3n) is 8.01. The van der Waals surface area contributed by atoms with Gasteiger partial charge in [-0.05, 0) is 87.8 Å². The number of rotatable bonds is 4. The molecule has 249 valence electrons. The number of alkyl halides is 3. The zero-order chi connectivity index (χ0) is 33.9. The Hall–Kier alpha value is -1.19. The minimum atomic E-state index is -0.0358. The normalized spacial score (nSPS) is 22.2. The number of phenols is 3. The second-order valence-electron chi connectivity index (χ2n) is 11.5. The van der Waals surface area contributed by atoms with Crippen LogP contribution in [0.4, 0.5) is 0 Å². The molecule has 0 saturated heterocycles. The standard InChI is InChI=1S/C17H18O2.C11H18O.C8H8O2.CHI3.V/c1-4-12-8-15(18)17-14-7-10(2)5-6-13(14)11(3)19-16(17)9-12;1-9(2)10-5-7-11(3,12-4)8-6-10;1-2-6-3-7(9)5-8(10)4-6;2-1(3)4;/h4,7-9,13-14,18H,1,3,5-6H2,2H3;5,7,10H,1,6,8H2,2-4H3;2-5,9-10H,1H2;1H;/t13-,14+;10-,11?;;;/m00.../s1. The van der Waals surface area contributed by atoms with Crippen LogP contribution in [0.15, 0.2) is 91.8 Å². The first-order valence-electron chi connectivity index (χ1n) is 14.6. The summed E-state index contributed by atoms with van der Waals surface area (Å²) in [5.74, 6) is 2.94. The van der Waals surface area contributed by atoms with Crippen LogP contribution in [0.5, 0.6) is 23.0 Å². The van der Waals surface area contributed by atoms with Crippen LogP contribution in [-0.4, -0.2) is 28.0 Å². The van der Waals surface area contributed by atoms with E-state index in [1.54, 1.807) is 25.3 Å². The summed E-state index contributed by atoms with van der Waals surface area (Å²) >= 11 is 6.95. The topological polar surface area (TPSA) is 79.2 Å². The van der Waals surface area contributed by atoms with Crippen molar-refractivity contribution in [2.45, 2.75) is 57.9 Å². The van der Waals surface area contributed by atoms with Crippen molar-refractivity contribution in [1.29, 1.82) is 0 Å². The molecular weight excluding hydrogens is 956 g/mol. The Morgan fingerprint density at radius 2 is 1.59 bits per heavy atom. The molecule has 3 aliphatic rings. The first-order valence-corrected chi connectivity index (χ1v) is 18.4. The first-order chi connectivity index (χ1) is 21.1. The molecular formula is C37H45I3O5V. The van der Waals surface area contributed by atoms with Gasteiger partial charge in [-0.1, -0.05) is 136 Å². The fourth-order valence-corrected chi connectivity index (χ4v) is 5.36. The Morgan fingerprint density at radius 3 is 2.07 bits per heavy atom. The van der Waals surface area contributed by atoms with E-state index in [1.165, 1.54) is 29.3 Å². The minimum absolute atomic E-state index is 0. The van der Waals surface area contributed by atoms with Crippen LogP contribution in [0.2, 0.25) is 0 Å². The van der Waals surface area contributed by atoms with Crippen LogP contribution in [0.3, 0.4) is 0 Å². The number of methoxy groups -OCH3 is 1. The van der Waals surface area contributed by atoms with Crippen molar-refractivity contribution in [2.75, 3.05) is 7.11 Å². The quantitative estimate of drug-likeness (QED) is 0.162. The number of benzene rings is 2. The maximum Gasteiger partial charge on any atom is 0.135 e. The molecule has 0 spiro atoms. The Bertz CT molecular complexity index is 1410. The Morgan fingerprint density at radius 1 is 1.02 bits per heavy atom. The fraction of sp³-hybridized carbons (Fsp3) is 0.351. The number of ether oxygens (including phenoxy) is 2. The molecule has 4 atom stereocenters. The second kappa shape index (κ2) is 20.4. The van der Waals surface area contributed by atoms with Gasteiger partial charge in [-0.15, -0.1) is 0 Å². The summed E-state index contributed by atoms with van der Waals surface area (Å²) in [6.45, 7) is 21.6. The molecule has 3 N–H and O–H groups in total. The van der Waals surface area contributed by atoms with E-state index in [-0.39, 0.29) is 47.5 Å². The summed E-state index contributed by atoms with van der Waals surface area (Å²) in [5.41, 5.74) is 5.04. The number of fused-ring (bicyclic) bond motifs is 3. The fourth-order valence-electron chi connectivity index (χ4n) is 5.36. The third kappa shape index (κ3) is 13.4. The molecule has 1 unspecified atom stereocenters.